The minimum absolute atomic E-state index is 0.187. The Labute approximate surface area is 178 Å². The second-order valence-corrected chi connectivity index (χ2v) is 8.51. The summed E-state index contributed by atoms with van der Waals surface area (Å²) in [4.78, 5) is 24.5. The number of pyridine rings is 1. The zero-order valence-corrected chi connectivity index (χ0v) is 17.3. The van der Waals surface area contributed by atoms with Gasteiger partial charge < -0.3 is 9.67 Å². The molecule has 1 N–H and O–H groups in total. The molecule has 29 heavy (non-hydrogen) atoms. The first-order chi connectivity index (χ1) is 13.9. The number of hydrogen-bond donors (Lipinski definition) is 1. The molecule has 0 spiro atoms. The highest BCUT2D eigenvalue weighted by atomic mass is 35.5. The molecule has 0 saturated heterocycles. The van der Waals surface area contributed by atoms with Gasteiger partial charge in [0, 0.05) is 18.1 Å². The van der Waals surface area contributed by atoms with Crippen molar-refractivity contribution in [3.05, 3.63) is 79.6 Å². The molecule has 0 bridgehead atoms. The molecule has 1 saturated carbocycles. The van der Waals surface area contributed by atoms with Crippen LogP contribution in [-0.2, 0) is 13.0 Å². The van der Waals surface area contributed by atoms with E-state index in [-0.39, 0.29) is 5.56 Å². The summed E-state index contributed by atoms with van der Waals surface area (Å²) in [5, 5.41) is 10.9. The van der Waals surface area contributed by atoms with Crippen LogP contribution in [0.5, 0.6) is 0 Å². The molecule has 1 aromatic heterocycles. The molecule has 2 aromatic carbocycles. The number of rotatable bonds is 5. The number of carboxylic acids is 1. The van der Waals surface area contributed by atoms with Crippen LogP contribution in [0.25, 0.3) is 10.9 Å². The molecule has 1 fully saturated rings. The quantitative estimate of drug-likeness (QED) is 0.558. The number of nitrogens with zero attached hydrogens (tertiary/aromatic N) is 1. The van der Waals surface area contributed by atoms with Crippen LogP contribution in [0.15, 0.2) is 47.4 Å². The van der Waals surface area contributed by atoms with Gasteiger partial charge in [-0.3, -0.25) is 4.79 Å². The average Bonchev–Trinajstić information content (AvgIpc) is 3.20. The third-order valence-electron chi connectivity index (χ3n) is 5.73. The highest BCUT2D eigenvalue weighted by Gasteiger charge is 2.20. The number of aromatic nitrogens is 1. The number of halogens is 2. The van der Waals surface area contributed by atoms with Gasteiger partial charge in [-0.2, -0.15) is 0 Å². The first-order valence-corrected chi connectivity index (χ1v) is 10.5. The number of carboxylic acid groups (broad SMARTS) is 1. The lowest BCUT2D eigenvalue weighted by molar-refractivity contribution is 0.0694. The molecule has 0 amide bonds. The van der Waals surface area contributed by atoms with Gasteiger partial charge in [-0.15, -0.1) is 0 Å². The van der Waals surface area contributed by atoms with Gasteiger partial charge in [0.2, 0.25) is 5.43 Å². The van der Waals surface area contributed by atoms with Gasteiger partial charge in [0.25, 0.3) is 0 Å². The van der Waals surface area contributed by atoms with Gasteiger partial charge in [-0.25, -0.2) is 4.79 Å². The molecule has 1 aliphatic rings. The third kappa shape index (κ3) is 4.05. The number of hydrogen-bond acceptors (Lipinski definition) is 2. The Morgan fingerprint density at radius 2 is 1.90 bits per heavy atom. The van der Waals surface area contributed by atoms with E-state index >= 15 is 0 Å². The van der Waals surface area contributed by atoms with E-state index in [1.165, 1.54) is 19.0 Å². The van der Waals surface area contributed by atoms with Crippen LogP contribution in [-0.4, -0.2) is 15.6 Å². The Balaban J connectivity index is 1.80. The van der Waals surface area contributed by atoms with Crippen LogP contribution < -0.4 is 5.43 Å². The fraction of sp³-hybridized carbons (Fsp3) is 0.304. The molecule has 150 valence electrons. The second-order valence-electron chi connectivity index (χ2n) is 7.72. The minimum Gasteiger partial charge on any atom is -0.477 e. The maximum absolute atomic E-state index is 12.8. The van der Waals surface area contributed by atoms with Crippen molar-refractivity contribution in [1.82, 2.24) is 4.57 Å². The number of benzene rings is 2. The molecule has 4 rings (SSSR count). The molecule has 6 heteroatoms. The fourth-order valence-electron chi connectivity index (χ4n) is 4.23. The Hall–Kier alpha value is -2.30. The van der Waals surface area contributed by atoms with E-state index in [1.807, 2.05) is 28.8 Å². The minimum atomic E-state index is -1.19. The topological polar surface area (TPSA) is 59.3 Å². The lowest BCUT2D eigenvalue weighted by Gasteiger charge is -2.17. The van der Waals surface area contributed by atoms with Gasteiger partial charge in [-0.1, -0.05) is 54.2 Å². The molecule has 0 radical (unpaired) electrons. The van der Waals surface area contributed by atoms with E-state index in [4.69, 9.17) is 23.2 Å². The summed E-state index contributed by atoms with van der Waals surface area (Å²) in [7, 11) is 0. The molecule has 0 aliphatic heterocycles. The van der Waals surface area contributed by atoms with E-state index in [0.717, 1.165) is 36.0 Å². The lowest BCUT2D eigenvalue weighted by Crippen LogP contribution is -2.20. The standard InChI is InChI=1S/C23H21Cl2NO3/c24-19-7-3-6-16(21(19)25)10-15-8-9-20-17(11-15)22(27)18(23(28)29)13-26(20)12-14-4-1-2-5-14/h3,6-9,11,13-14H,1-2,4-5,10,12H2,(H,28,29). The predicted molar refractivity (Wildman–Crippen MR) is 116 cm³/mol. The van der Waals surface area contributed by atoms with Crippen molar-refractivity contribution in [2.45, 2.75) is 38.6 Å². The van der Waals surface area contributed by atoms with Crippen molar-refractivity contribution in [3.63, 3.8) is 0 Å². The summed E-state index contributed by atoms with van der Waals surface area (Å²) < 4.78 is 1.94. The number of aromatic carboxylic acids is 1. The summed E-state index contributed by atoms with van der Waals surface area (Å²) in [6.07, 6.45) is 6.70. The van der Waals surface area contributed by atoms with Gasteiger partial charge in [0.15, 0.2) is 0 Å². The first-order valence-electron chi connectivity index (χ1n) is 9.76. The molecule has 0 unspecified atom stereocenters. The summed E-state index contributed by atoms with van der Waals surface area (Å²) in [5.74, 6) is -0.673. The van der Waals surface area contributed by atoms with Gasteiger partial charge >= 0.3 is 5.97 Å². The second kappa shape index (κ2) is 8.21. The van der Waals surface area contributed by atoms with Crippen LogP contribution in [0.2, 0.25) is 10.0 Å². The van der Waals surface area contributed by atoms with Crippen molar-refractivity contribution in [2.24, 2.45) is 5.92 Å². The Bertz CT molecular complexity index is 1150. The normalized spacial score (nSPS) is 14.6. The Kier molecular flexibility index (Phi) is 5.66. The first kappa shape index (κ1) is 20.0. The molecule has 4 nitrogen and oxygen atoms in total. The number of carbonyl (C=O) groups is 1. The smallest absolute Gasteiger partial charge is 0.341 e. The maximum Gasteiger partial charge on any atom is 0.341 e. The van der Waals surface area contributed by atoms with Crippen molar-refractivity contribution in [1.29, 1.82) is 0 Å². The van der Waals surface area contributed by atoms with E-state index in [9.17, 15) is 14.7 Å². The monoisotopic (exact) mass is 429 g/mol. The number of fused-ring (bicyclic) bond motifs is 1. The average molecular weight is 430 g/mol. The van der Waals surface area contributed by atoms with Gasteiger partial charge in [0.1, 0.15) is 5.56 Å². The SMILES string of the molecule is O=C(O)c1cn(CC2CCCC2)c2ccc(Cc3cccc(Cl)c3Cl)cc2c1=O. The van der Waals surface area contributed by atoms with Crippen LogP contribution in [0, 0.1) is 5.92 Å². The summed E-state index contributed by atoms with van der Waals surface area (Å²) in [6, 6.07) is 11.1. The molecular formula is C23H21Cl2NO3. The zero-order valence-electron chi connectivity index (χ0n) is 15.8. The van der Waals surface area contributed by atoms with Crippen LogP contribution in [0.4, 0.5) is 0 Å². The molecule has 1 aliphatic carbocycles. The van der Waals surface area contributed by atoms with E-state index in [1.54, 1.807) is 12.1 Å². The van der Waals surface area contributed by atoms with Crippen molar-refractivity contribution >= 4 is 40.1 Å². The molecular weight excluding hydrogens is 409 g/mol. The molecule has 1 heterocycles. The lowest BCUT2D eigenvalue weighted by atomic mass is 10.0. The van der Waals surface area contributed by atoms with Gasteiger partial charge in [0.05, 0.1) is 15.6 Å². The summed E-state index contributed by atoms with van der Waals surface area (Å²) in [5.41, 5.74) is 1.88. The fourth-order valence-corrected chi connectivity index (χ4v) is 4.62. The maximum atomic E-state index is 12.8. The highest BCUT2D eigenvalue weighted by molar-refractivity contribution is 6.42. The summed E-state index contributed by atoms with van der Waals surface area (Å²) in [6.45, 7) is 0.733. The molecule has 3 aromatic rings. The van der Waals surface area contributed by atoms with E-state index in [2.05, 4.69) is 0 Å². The third-order valence-corrected chi connectivity index (χ3v) is 6.59. The van der Waals surface area contributed by atoms with Crippen molar-refractivity contribution in [3.8, 4) is 0 Å². The highest BCUT2D eigenvalue weighted by Crippen LogP contribution is 2.29. The Morgan fingerprint density at radius 3 is 2.62 bits per heavy atom. The Morgan fingerprint density at radius 1 is 1.14 bits per heavy atom. The zero-order chi connectivity index (χ0) is 20.5. The van der Waals surface area contributed by atoms with Crippen LogP contribution in [0.3, 0.4) is 0 Å². The van der Waals surface area contributed by atoms with Crippen molar-refractivity contribution in [2.75, 3.05) is 0 Å². The van der Waals surface area contributed by atoms with Gasteiger partial charge in [-0.05, 0) is 54.5 Å². The molecule has 0 atom stereocenters. The van der Waals surface area contributed by atoms with Crippen molar-refractivity contribution < 1.29 is 9.90 Å². The predicted octanol–water partition coefficient (Wildman–Crippen LogP) is 5.79. The van der Waals surface area contributed by atoms with Crippen LogP contribution >= 0.6 is 23.2 Å². The van der Waals surface area contributed by atoms with E-state index < -0.39 is 11.4 Å². The van der Waals surface area contributed by atoms with E-state index in [0.29, 0.717) is 27.8 Å². The summed E-state index contributed by atoms with van der Waals surface area (Å²) >= 11 is 12.4. The largest absolute Gasteiger partial charge is 0.477 e. The van der Waals surface area contributed by atoms with Crippen LogP contribution in [0.1, 0.15) is 47.2 Å².